The highest BCUT2D eigenvalue weighted by molar-refractivity contribution is 7.13. The normalized spacial score (nSPS) is 10.6. The van der Waals surface area contributed by atoms with Crippen LogP contribution in [0.3, 0.4) is 0 Å². The van der Waals surface area contributed by atoms with Crippen LogP contribution in [-0.2, 0) is 20.7 Å². The van der Waals surface area contributed by atoms with Crippen molar-refractivity contribution in [2.75, 3.05) is 47.7 Å². The second-order valence-corrected chi connectivity index (χ2v) is 6.56. The lowest BCUT2D eigenvalue weighted by Gasteiger charge is -2.08. The summed E-state index contributed by atoms with van der Waals surface area (Å²) in [6.07, 6.45) is 1.03. The van der Waals surface area contributed by atoms with E-state index < -0.39 is 0 Å². The van der Waals surface area contributed by atoms with Crippen LogP contribution in [0.1, 0.15) is 12.1 Å². The molecule has 1 aromatic heterocycles. The second kappa shape index (κ2) is 11.5. The molecule has 0 fully saturated rings. The molecular weight excluding hydrogens is 368 g/mol. The molecule has 27 heavy (non-hydrogen) atoms. The lowest BCUT2D eigenvalue weighted by molar-refractivity contribution is -0.120. The first kappa shape index (κ1) is 21.1. The average Bonchev–Trinajstić information content (AvgIpc) is 3.15. The van der Waals surface area contributed by atoms with Crippen molar-refractivity contribution in [3.63, 3.8) is 0 Å². The van der Waals surface area contributed by atoms with E-state index in [0.29, 0.717) is 37.9 Å². The van der Waals surface area contributed by atoms with Gasteiger partial charge in [-0.05, 0) is 24.6 Å². The van der Waals surface area contributed by atoms with Crippen molar-refractivity contribution >= 4 is 17.2 Å². The van der Waals surface area contributed by atoms with Crippen molar-refractivity contribution in [2.45, 2.75) is 12.8 Å². The standard InChI is InChI=1S/C19H26N2O5S/c1-23-9-10-26-8-4-7-20-18(22)12-15-13-27-19(21-15)14-5-6-16(24-2)17(11-14)25-3/h5-6,11,13H,4,7-10,12H2,1-3H3,(H,20,22). The van der Waals surface area contributed by atoms with Crippen molar-refractivity contribution in [3.8, 4) is 22.1 Å². The highest BCUT2D eigenvalue weighted by Gasteiger charge is 2.11. The molecule has 0 aliphatic rings. The fraction of sp³-hybridized carbons (Fsp3) is 0.474. The molecule has 0 saturated carbocycles. The van der Waals surface area contributed by atoms with Gasteiger partial charge in [0.25, 0.3) is 0 Å². The predicted molar refractivity (Wildman–Crippen MR) is 105 cm³/mol. The van der Waals surface area contributed by atoms with Gasteiger partial charge in [-0.3, -0.25) is 4.79 Å². The number of rotatable bonds is 12. The number of ether oxygens (including phenoxy) is 4. The van der Waals surface area contributed by atoms with Crippen LogP contribution < -0.4 is 14.8 Å². The molecule has 1 heterocycles. The molecule has 0 aliphatic heterocycles. The van der Waals surface area contributed by atoms with Gasteiger partial charge in [0.2, 0.25) is 5.91 Å². The van der Waals surface area contributed by atoms with Gasteiger partial charge in [-0.2, -0.15) is 0 Å². The second-order valence-electron chi connectivity index (χ2n) is 5.70. The molecule has 2 aromatic rings. The van der Waals surface area contributed by atoms with Gasteiger partial charge in [0.1, 0.15) is 5.01 Å². The van der Waals surface area contributed by atoms with Gasteiger partial charge in [-0.1, -0.05) is 0 Å². The first-order valence-electron chi connectivity index (χ1n) is 8.68. The van der Waals surface area contributed by atoms with Crippen molar-refractivity contribution in [2.24, 2.45) is 0 Å². The average molecular weight is 394 g/mol. The maximum Gasteiger partial charge on any atom is 0.226 e. The van der Waals surface area contributed by atoms with Crippen molar-refractivity contribution in [1.82, 2.24) is 10.3 Å². The molecule has 0 bridgehead atoms. The summed E-state index contributed by atoms with van der Waals surface area (Å²) in [6.45, 7) is 2.34. The molecule has 1 N–H and O–H groups in total. The monoisotopic (exact) mass is 394 g/mol. The Bertz CT molecular complexity index is 720. The molecule has 0 saturated heterocycles. The first-order valence-corrected chi connectivity index (χ1v) is 9.56. The van der Waals surface area contributed by atoms with Crippen LogP contribution in [0.25, 0.3) is 10.6 Å². The fourth-order valence-electron chi connectivity index (χ4n) is 2.36. The Labute approximate surface area is 163 Å². The van der Waals surface area contributed by atoms with Gasteiger partial charge >= 0.3 is 0 Å². The number of hydrogen-bond donors (Lipinski definition) is 1. The van der Waals surface area contributed by atoms with Crippen LogP contribution in [0, 0.1) is 0 Å². The molecule has 0 aliphatic carbocycles. The largest absolute Gasteiger partial charge is 0.493 e. The van der Waals surface area contributed by atoms with Crippen LogP contribution in [0.5, 0.6) is 11.5 Å². The molecule has 1 amide bonds. The highest BCUT2D eigenvalue weighted by atomic mass is 32.1. The number of carbonyl (C=O) groups is 1. The zero-order valence-electron chi connectivity index (χ0n) is 15.9. The molecule has 2 rings (SSSR count). The Morgan fingerprint density at radius 3 is 2.67 bits per heavy atom. The number of nitrogens with zero attached hydrogens (tertiary/aromatic N) is 1. The first-order chi connectivity index (χ1) is 13.2. The SMILES string of the molecule is COCCOCCCNC(=O)Cc1csc(-c2ccc(OC)c(OC)c2)n1. The Hall–Kier alpha value is -2.16. The third kappa shape index (κ3) is 6.82. The zero-order chi connectivity index (χ0) is 19.5. The summed E-state index contributed by atoms with van der Waals surface area (Å²) < 4.78 is 20.8. The van der Waals surface area contributed by atoms with E-state index in [-0.39, 0.29) is 12.3 Å². The third-order valence-electron chi connectivity index (χ3n) is 3.74. The van der Waals surface area contributed by atoms with Crippen LogP contribution in [0.15, 0.2) is 23.6 Å². The molecule has 7 nitrogen and oxygen atoms in total. The van der Waals surface area contributed by atoms with Crippen LogP contribution in [0.2, 0.25) is 0 Å². The van der Waals surface area contributed by atoms with Gasteiger partial charge in [-0.25, -0.2) is 4.98 Å². The van der Waals surface area contributed by atoms with E-state index in [1.165, 1.54) is 11.3 Å². The summed E-state index contributed by atoms with van der Waals surface area (Å²) in [7, 11) is 4.84. The molecule has 0 spiro atoms. The van der Waals surface area contributed by atoms with Gasteiger partial charge in [0.05, 0.1) is 39.5 Å². The van der Waals surface area contributed by atoms with Gasteiger partial charge in [0.15, 0.2) is 11.5 Å². The molecule has 0 radical (unpaired) electrons. The minimum atomic E-state index is -0.0453. The van der Waals surface area contributed by atoms with Crippen LogP contribution >= 0.6 is 11.3 Å². The highest BCUT2D eigenvalue weighted by Crippen LogP contribution is 2.33. The maximum absolute atomic E-state index is 12.0. The maximum atomic E-state index is 12.0. The molecule has 8 heteroatoms. The fourth-order valence-corrected chi connectivity index (χ4v) is 3.18. The van der Waals surface area contributed by atoms with Gasteiger partial charge < -0.3 is 24.3 Å². The summed E-state index contributed by atoms with van der Waals surface area (Å²) in [6, 6.07) is 5.65. The lowest BCUT2D eigenvalue weighted by atomic mass is 10.2. The van der Waals surface area contributed by atoms with Crippen molar-refractivity contribution in [3.05, 3.63) is 29.3 Å². The minimum absolute atomic E-state index is 0.0453. The number of carbonyl (C=O) groups excluding carboxylic acids is 1. The quantitative estimate of drug-likeness (QED) is 0.558. The third-order valence-corrected chi connectivity index (χ3v) is 4.68. The lowest BCUT2D eigenvalue weighted by Crippen LogP contribution is -2.27. The van der Waals surface area contributed by atoms with Gasteiger partial charge in [0, 0.05) is 31.2 Å². The van der Waals surface area contributed by atoms with Gasteiger partial charge in [-0.15, -0.1) is 11.3 Å². The summed E-state index contributed by atoms with van der Waals surface area (Å²) in [5, 5.41) is 5.62. The van der Waals surface area contributed by atoms with E-state index in [1.807, 2.05) is 23.6 Å². The number of methoxy groups -OCH3 is 3. The van der Waals surface area contributed by atoms with E-state index in [0.717, 1.165) is 22.7 Å². The molecular formula is C19H26N2O5S. The summed E-state index contributed by atoms with van der Waals surface area (Å²) in [5.74, 6) is 1.27. The number of benzene rings is 1. The van der Waals surface area contributed by atoms with E-state index in [2.05, 4.69) is 10.3 Å². The molecule has 148 valence electrons. The summed E-state index contributed by atoms with van der Waals surface area (Å²) in [4.78, 5) is 16.6. The van der Waals surface area contributed by atoms with E-state index in [9.17, 15) is 4.79 Å². The number of hydrogen-bond acceptors (Lipinski definition) is 7. The number of thiazole rings is 1. The molecule has 0 unspecified atom stereocenters. The number of nitrogens with one attached hydrogen (secondary N) is 1. The Morgan fingerprint density at radius 2 is 1.93 bits per heavy atom. The predicted octanol–water partition coefficient (Wildman–Crippen LogP) is 2.54. The molecule has 0 atom stereocenters. The molecule has 1 aromatic carbocycles. The van der Waals surface area contributed by atoms with Crippen molar-refractivity contribution < 1.29 is 23.7 Å². The van der Waals surface area contributed by atoms with E-state index in [4.69, 9.17) is 18.9 Å². The Morgan fingerprint density at radius 1 is 1.11 bits per heavy atom. The zero-order valence-corrected chi connectivity index (χ0v) is 16.8. The number of aromatic nitrogens is 1. The van der Waals surface area contributed by atoms with E-state index >= 15 is 0 Å². The summed E-state index contributed by atoms with van der Waals surface area (Å²) >= 11 is 1.50. The number of amides is 1. The topological polar surface area (TPSA) is 78.9 Å². The Kier molecular flexibility index (Phi) is 9.03. The van der Waals surface area contributed by atoms with Crippen molar-refractivity contribution in [1.29, 1.82) is 0 Å². The Balaban J connectivity index is 1.81. The minimum Gasteiger partial charge on any atom is -0.493 e. The summed E-state index contributed by atoms with van der Waals surface area (Å²) in [5.41, 5.74) is 1.68. The van der Waals surface area contributed by atoms with E-state index in [1.54, 1.807) is 21.3 Å². The van der Waals surface area contributed by atoms with Crippen LogP contribution in [-0.4, -0.2) is 58.6 Å². The van der Waals surface area contributed by atoms with Crippen LogP contribution in [0.4, 0.5) is 0 Å². The smallest absolute Gasteiger partial charge is 0.226 e.